The normalized spacial score (nSPS) is 19.6. The minimum absolute atomic E-state index is 0.0201. The number of nitrogens with zero attached hydrogens (tertiary/aromatic N) is 5. The molecular formula is C14H23N5O2. The van der Waals surface area contributed by atoms with E-state index in [1.807, 2.05) is 17.8 Å². The van der Waals surface area contributed by atoms with Crippen LogP contribution in [-0.4, -0.2) is 75.8 Å². The van der Waals surface area contributed by atoms with Crippen molar-refractivity contribution >= 4 is 11.8 Å². The summed E-state index contributed by atoms with van der Waals surface area (Å²) in [4.78, 5) is 33.6. The van der Waals surface area contributed by atoms with Crippen LogP contribution in [0.3, 0.4) is 0 Å². The Labute approximate surface area is 125 Å². The molecule has 1 aliphatic rings. The fourth-order valence-corrected chi connectivity index (χ4v) is 2.57. The molecule has 1 unspecified atom stereocenters. The second-order valence-electron chi connectivity index (χ2n) is 5.68. The van der Waals surface area contributed by atoms with E-state index in [0.29, 0.717) is 26.2 Å². The smallest absolute Gasteiger partial charge is 0.241 e. The summed E-state index contributed by atoms with van der Waals surface area (Å²) in [6.07, 6.45) is 3.57. The van der Waals surface area contributed by atoms with Crippen molar-refractivity contribution in [1.29, 1.82) is 0 Å². The van der Waals surface area contributed by atoms with Crippen molar-refractivity contribution < 1.29 is 9.59 Å². The van der Waals surface area contributed by atoms with Gasteiger partial charge in [0.25, 0.3) is 0 Å². The molecule has 1 aromatic rings. The monoisotopic (exact) mass is 293 g/mol. The summed E-state index contributed by atoms with van der Waals surface area (Å²) in [6, 6.07) is -0.299. The standard InChI is InChI=1S/C14H23N5O2/c1-11(20)18-5-6-19(8-12-7-15-10-17(12)4)13(9-18)14(21)16(2)3/h7,10,13H,5-6,8-9H2,1-4H3. The van der Waals surface area contributed by atoms with Gasteiger partial charge in [0.15, 0.2) is 0 Å². The number of aromatic nitrogens is 2. The van der Waals surface area contributed by atoms with Gasteiger partial charge >= 0.3 is 0 Å². The van der Waals surface area contributed by atoms with Crippen molar-refractivity contribution in [3.05, 3.63) is 18.2 Å². The molecule has 7 heteroatoms. The average Bonchev–Trinajstić information content (AvgIpc) is 2.83. The van der Waals surface area contributed by atoms with E-state index in [9.17, 15) is 9.59 Å². The number of hydrogen-bond acceptors (Lipinski definition) is 4. The van der Waals surface area contributed by atoms with Gasteiger partial charge in [-0.15, -0.1) is 0 Å². The molecule has 1 fully saturated rings. The maximum atomic E-state index is 12.4. The number of hydrogen-bond donors (Lipinski definition) is 0. The number of aryl methyl sites for hydroxylation is 1. The van der Waals surface area contributed by atoms with Crippen LogP contribution in [0, 0.1) is 0 Å². The van der Waals surface area contributed by atoms with Crippen LogP contribution >= 0.6 is 0 Å². The van der Waals surface area contributed by atoms with Crippen LogP contribution in [-0.2, 0) is 23.2 Å². The van der Waals surface area contributed by atoms with Gasteiger partial charge in [-0.3, -0.25) is 14.5 Å². The largest absolute Gasteiger partial charge is 0.347 e. The lowest BCUT2D eigenvalue weighted by atomic mass is 10.1. The van der Waals surface area contributed by atoms with Gasteiger partial charge in [0, 0.05) is 60.4 Å². The summed E-state index contributed by atoms with van der Waals surface area (Å²) >= 11 is 0. The van der Waals surface area contributed by atoms with Crippen molar-refractivity contribution in [2.24, 2.45) is 7.05 Å². The maximum Gasteiger partial charge on any atom is 0.241 e. The summed E-state index contributed by atoms with van der Waals surface area (Å²) in [6.45, 7) is 4.00. The first-order chi connectivity index (χ1) is 9.90. The van der Waals surface area contributed by atoms with E-state index in [-0.39, 0.29) is 17.9 Å². The SMILES string of the molecule is CC(=O)N1CCN(Cc2cncn2C)C(C(=O)N(C)C)C1. The fourth-order valence-electron chi connectivity index (χ4n) is 2.57. The van der Waals surface area contributed by atoms with Crippen LogP contribution in [0.5, 0.6) is 0 Å². The summed E-state index contributed by atoms with van der Waals surface area (Å²) < 4.78 is 1.95. The van der Waals surface area contributed by atoms with Gasteiger partial charge in [0.05, 0.1) is 12.0 Å². The highest BCUT2D eigenvalue weighted by molar-refractivity contribution is 5.83. The fraction of sp³-hybridized carbons (Fsp3) is 0.643. The van der Waals surface area contributed by atoms with Gasteiger partial charge in [0.1, 0.15) is 6.04 Å². The van der Waals surface area contributed by atoms with E-state index in [1.54, 1.807) is 37.1 Å². The minimum Gasteiger partial charge on any atom is -0.347 e. The molecule has 116 valence electrons. The van der Waals surface area contributed by atoms with Crippen molar-refractivity contribution in [3.63, 3.8) is 0 Å². The van der Waals surface area contributed by atoms with Gasteiger partial charge in [-0.25, -0.2) is 4.98 Å². The number of rotatable bonds is 3. The molecule has 1 saturated heterocycles. The van der Waals surface area contributed by atoms with Crippen LogP contribution in [0.15, 0.2) is 12.5 Å². The van der Waals surface area contributed by atoms with Crippen LogP contribution in [0.25, 0.3) is 0 Å². The summed E-state index contributed by atoms with van der Waals surface area (Å²) in [5.41, 5.74) is 1.06. The Hall–Kier alpha value is -1.89. The first-order valence-corrected chi connectivity index (χ1v) is 7.06. The van der Waals surface area contributed by atoms with Crippen molar-refractivity contribution in [2.45, 2.75) is 19.5 Å². The zero-order chi connectivity index (χ0) is 15.6. The van der Waals surface area contributed by atoms with Crippen LogP contribution in [0.4, 0.5) is 0 Å². The van der Waals surface area contributed by atoms with E-state index in [2.05, 4.69) is 9.88 Å². The van der Waals surface area contributed by atoms with Crippen molar-refractivity contribution in [1.82, 2.24) is 24.3 Å². The molecule has 0 saturated carbocycles. The maximum absolute atomic E-state index is 12.4. The Morgan fingerprint density at radius 3 is 2.62 bits per heavy atom. The zero-order valence-corrected chi connectivity index (χ0v) is 13.1. The van der Waals surface area contributed by atoms with E-state index in [1.165, 1.54) is 0 Å². The number of carbonyl (C=O) groups excluding carboxylic acids is 2. The minimum atomic E-state index is -0.299. The first-order valence-electron chi connectivity index (χ1n) is 7.06. The summed E-state index contributed by atoms with van der Waals surface area (Å²) in [7, 11) is 5.44. The van der Waals surface area contributed by atoms with Crippen LogP contribution in [0.2, 0.25) is 0 Å². The molecule has 0 aromatic carbocycles. The molecule has 2 heterocycles. The van der Waals surface area contributed by atoms with Gasteiger partial charge in [0.2, 0.25) is 11.8 Å². The molecule has 0 N–H and O–H groups in total. The Bertz CT molecular complexity index is 525. The Morgan fingerprint density at radius 2 is 2.10 bits per heavy atom. The molecular weight excluding hydrogens is 270 g/mol. The Morgan fingerprint density at radius 1 is 1.38 bits per heavy atom. The first kappa shape index (κ1) is 15.5. The van der Waals surface area contributed by atoms with Gasteiger partial charge < -0.3 is 14.4 Å². The molecule has 21 heavy (non-hydrogen) atoms. The lowest BCUT2D eigenvalue weighted by molar-refractivity contribution is -0.141. The predicted octanol–water partition coefficient (Wildman–Crippen LogP) is -0.459. The van der Waals surface area contributed by atoms with Gasteiger partial charge in [-0.05, 0) is 0 Å². The molecule has 2 amide bonds. The van der Waals surface area contributed by atoms with Gasteiger partial charge in [-0.1, -0.05) is 0 Å². The highest BCUT2D eigenvalue weighted by Crippen LogP contribution is 2.15. The number of carbonyl (C=O) groups is 2. The highest BCUT2D eigenvalue weighted by atomic mass is 16.2. The second-order valence-corrected chi connectivity index (χ2v) is 5.68. The third kappa shape index (κ3) is 3.41. The lowest BCUT2D eigenvalue weighted by Gasteiger charge is -2.41. The van der Waals surface area contributed by atoms with E-state index in [0.717, 1.165) is 5.69 Å². The molecule has 0 bridgehead atoms. The quantitative estimate of drug-likeness (QED) is 0.757. The van der Waals surface area contributed by atoms with E-state index in [4.69, 9.17) is 0 Å². The van der Waals surface area contributed by atoms with E-state index >= 15 is 0 Å². The molecule has 1 atom stereocenters. The second kappa shape index (κ2) is 6.26. The molecule has 0 spiro atoms. The summed E-state index contributed by atoms with van der Waals surface area (Å²) in [5.74, 6) is 0.0508. The number of imidazole rings is 1. The number of piperazine rings is 1. The Balaban J connectivity index is 2.16. The lowest BCUT2D eigenvalue weighted by Crippen LogP contribution is -2.59. The molecule has 0 radical (unpaired) electrons. The third-order valence-electron chi connectivity index (χ3n) is 3.94. The van der Waals surface area contributed by atoms with Crippen molar-refractivity contribution in [2.75, 3.05) is 33.7 Å². The zero-order valence-electron chi connectivity index (χ0n) is 13.1. The predicted molar refractivity (Wildman–Crippen MR) is 78.4 cm³/mol. The van der Waals surface area contributed by atoms with Gasteiger partial charge in [-0.2, -0.15) is 0 Å². The molecule has 1 aliphatic heterocycles. The summed E-state index contributed by atoms with van der Waals surface area (Å²) in [5, 5.41) is 0. The third-order valence-corrected chi connectivity index (χ3v) is 3.94. The van der Waals surface area contributed by atoms with E-state index < -0.39 is 0 Å². The van der Waals surface area contributed by atoms with Crippen LogP contribution < -0.4 is 0 Å². The number of amides is 2. The molecule has 0 aliphatic carbocycles. The molecule has 1 aromatic heterocycles. The number of likely N-dealkylation sites (N-methyl/N-ethyl adjacent to an activating group) is 1. The molecule has 2 rings (SSSR count). The van der Waals surface area contributed by atoms with Crippen molar-refractivity contribution in [3.8, 4) is 0 Å². The highest BCUT2D eigenvalue weighted by Gasteiger charge is 2.34. The topological polar surface area (TPSA) is 61.7 Å². The Kier molecular flexibility index (Phi) is 4.62. The average molecular weight is 293 g/mol. The molecule has 7 nitrogen and oxygen atoms in total. The van der Waals surface area contributed by atoms with Crippen LogP contribution in [0.1, 0.15) is 12.6 Å².